The smallest absolute Gasteiger partial charge is 0.153 e. The number of nitrogens with zero attached hydrogens (tertiary/aromatic N) is 3. The van der Waals surface area contributed by atoms with Gasteiger partial charge in [0.15, 0.2) is 5.82 Å². The highest BCUT2D eigenvalue weighted by molar-refractivity contribution is 5.07. The van der Waals surface area contributed by atoms with E-state index in [1.54, 1.807) is 0 Å². The van der Waals surface area contributed by atoms with Crippen molar-refractivity contribution in [3.8, 4) is 0 Å². The normalized spacial score (nSPS) is 26.5. The maximum Gasteiger partial charge on any atom is 0.153 e. The SMILES string of the molecule is CC(C)c1nc(C2CCCC2N)n(C)n1. The van der Waals surface area contributed by atoms with Crippen LogP contribution in [0.4, 0.5) is 0 Å². The molecule has 4 nitrogen and oxygen atoms in total. The van der Waals surface area contributed by atoms with Gasteiger partial charge in [0.1, 0.15) is 5.82 Å². The topological polar surface area (TPSA) is 56.7 Å². The molecule has 2 atom stereocenters. The molecule has 2 N–H and O–H groups in total. The van der Waals surface area contributed by atoms with Crippen LogP contribution in [-0.2, 0) is 7.05 Å². The van der Waals surface area contributed by atoms with Crippen molar-refractivity contribution in [3.05, 3.63) is 11.6 Å². The highest BCUT2D eigenvalue weighted by Crippen LogP contribution is 2.32. The van der Waals surface area contributed by atoms with Gasteiger partial charge in [-0.05, 0) is 12.8 Å². The van der Waals surface area contributed by atoms with Gasteiger partial charge in [0.05, 0.1) is 0 Å². The molecule has 84 valence electrons. The van der Waals surface area contributed by atoms with Crippen molar-refractivity contribution in [2.24, 2.45) is 12.8 Å². The lowest BCUT2D eigenvalue weighted by atomic mass is 10.0. The Labute approximate surface area is 90.9 Å². The lowest BCUT2D eigenvalue weighted by Gasteiger charge is -2.13. The average Bonchev–Trinajstić information content (AvgIpc) is 2.71. The van der Waals surface area contributed by atoms with E-state index in [2.05, 4.69) is 23.9 Å². The number of nitrogens with two attached hydrogens (primary N) is 1. The third kappa shape index (κ3) is 1.91. The molecule has 1 aliphatic rings. The van der Waals surface area contributed by atoms with E-state index >= 15 is 0 Å². The van der Waals surface area contributed by atoms with Crippen molar-refractivity contribution < 1.29 is 0 Å². The average molecular weight is 208 g/mol. The van der Waals surface area contributed by atoms with Gasteiger partial charge in [0.25, 0.3) is 0 Å². The van der Waals surface area contributed by atoms with Gasteiger partial charge in [-0.2, -0.15) is 5.10 Å². The van der Waals surface area contributed by atoms with E-state index in [-0.39, 0.29) is 6.04 Å². The van der Waals surface area contributed by atoms with Crippen molar-refractivity contribution in [2.45, 2.75) is 51.0 Å². The molecule has 1 fully saturated rings. The van der Waals surface area contributed by atoms with E-state index < -0.39 is 0 Å². The molecule has 4 heteroatoms. The molecule has 0 saturated heterocycles. The molecular formula is C11H20N4. The number of hydrogen-bond donors (Lipinski definition) is 1. The maximum absolute atomic E-state index is 6.08. The van der Waals surface area contributed by atoms with Crippen LogP contribution in [0.25, 0.3) is 0 Å². The number of aromatic nitrogens is 3. The van der Waals surface area contributed by atoms with Crippen molar-refractivity contribution in [1.29, 1.82) is 0 Å². The summed E-state index contributed by atoms with van der Waals surface area (Å²) in [5.74, 6) is 2.81. The van der Waals surface area contributed by atoms with E-state index in [9.17, 15) is 0 Å². The highest BCUT2D eigenvalue weighted by atomic mass is 15.3. The standard InChI is InChI=1S/C11H20N4/c1-7(2)10-13-11(15(3)14-10)8-5-4-6-9(8)12/h7-9H,4-6,12H2,1-3H3. The fraction of sp³-hybridized carbons (Fsp3) is 0.818. The minimum absolute atomic E-state index is 0.271. The summed E-state index contributed by atoms with van der Waals surface area (Å²) in [7, 11) is 1.97. The Morgan fingerprint density at radius 3 is 2.60 bits per heavy atom. The molecule has 2 rings (SSSR count). The van der Waals surface area contributed by atoms with E-state index in [1.165, 1.54) is 6.42 Å². The van der Waals surface area contributed by atoms with Crippen LogP contribution in [0.1, 0.15) is 56.6 Å². The first-order chi connectivity index (χ1) is 7.09. The van der Waals surface area contributed by atoms with Gasteiger partial charge in [-0.15, -0.1) is 0 Å². The van der Waals surface area contributed by atoms with Gasteiger partial charge >= 0.3 is 0 Å². The zero-order valence-electron chi connectivity index (χ0n) is 9.77. The first-order valence-electron chi connectivity index (χ1n) is 5.76. The zero-order valence-corrected chi connectivity index (χ0v) is 9.77. The summed E-state index contributed by atoms with van der Waals surface area (Å²) in [6.07, 6.45) is 3.50. The predicted octanol–water partition coefficient (Wildman–Crippen LogP) is 1.53. The molecule has 0 bridgehead atoms. The molecule has 15 heavy (non-hydrogen) atoms. The molecule has 1 aromatic rings. The Hall–Kier alpha value is -0.900. The van der Waals surface area contributed by atoms with Gasteiger partial charge in [-0.1, -0.05) is 20.3 Å². The van der Waals surface area contributed by atoms with Gasteiger partial charge in [0, 0.05) is 24.9 Å². The number of aryl methyl sites for hydroxylation is 1. The number of rotatable bonds is 2. The molecule has 0 radical (unpaired) electrons. The molecule has 1 saturated carbocycles. The van der Waals surface area contributed by atoms with Gasteiger partial charge < -0.3 is 5.73 Å². The Bertz CT molecular complexity index is 342. The maximum atomic E-state index is 6.08. The van der Waals surface area contributed by atoms with Crippen LogP contribution >= 0.6 is 0 Å². The van der Waals surface area contributed by atoms with Crippen molar-refractivity contribution in [2.75, 3.05) is 0 Å². The quantitative estimate of drug-likeness (QED) is 0.802. The number of hydrogen-bond acceptors (Lipinski definition) is 3. The van der Waals surface area contributed by atoms with E-state index in [0.29, 0.717) is 11.8 Å². The summed E-state index contributed by atoms with van der Waals surface area (Å²) >= 11 is 0. The summed E-state index contributed by atoms with van der Waals surface area (Å²) in [5, 5.41) is 4.44. The molecule has 0 amide bonds. The molecule has 1 heterocycles. The second kappa shape index (κ2) is 3.93. The zero-order chi connectivity index (χ0) is 11.0. The molecule has 0 aromatic carbocycles. The largest absolute Gasteiger partial charge is 0.327 e. The summed E-state index contributed by atoms with van der Waals surface area (Å²) in [6.45, 7) is 4.24. The van der Waals surface area contributed by atoms with Crippen LogP contribution in [0.5, 0.6) is 0 Å². The first kappa shape index (κ1) is 10.6. The fourth-order valence-electron chi connectivity index (χ4n) is 2.29. The third-order valence-electron chi connectivity index (χ3n) is 3.23. The van der Waals surface area contributed by atoms with Crippen LogP contribution in [0.15, 0.2) is 0 Å². The molecule has 1 aliphatic carbocycles. The monoisotopic (exact) mass is 208 g/mol. The van der Waals surface area contributed by atoms with Crippen molar-refractivity contribution in [3.63, 3.8) is 0 Å². The van der Waals surface area contributed by atoms with Gasteiger partial charge in [-0.3, -0.25) is 4.68 Å². The summed E-state index contributed by atoms with van der Waals surface area (Å²) in [6, 6.07) is 0.271. The third-order valence-corrected chi connectivity index (χ3v) is 3.23. The minimum atomic E-state index is 0.271. The Morgan fingerprint density at radius 2 is 2.13 bits per heavy atom. The van der Waals surface area contributed by atoms with Crippen molar-refractivity contribution in [1.82, 2.24) is 14.8 Å². The van der Waals surface area contributed by atoms with Crippen LogP contribution < -0.4 is 5.73 Å². The van der Waals surface area contributed by atoms with Gasteiger partial charge in [0.2, 0.25) is 0 Å². The molecular weight excluding hydrogens is 188 g/mol. The fourth-order valence-corrected chi connectivity index (χ4v) is 2.29. The Kier molecular flexibility index (Phi) is 2.78. The second-order valence-electron chi connectivity index (χ2n) is 4.81. The van der Waals surface area contributed by atoms with Crippen LogP contribution in [0, 0.1) is 0 Å². The second-order valence-corrected chi connectivity index (χ2v) is 4.81. The lowest BCUT2D eigenvalue weighted by molar-refractivity contribution is 0.545. The highest BCUT2D eigenvalue weighted by Gasteiger charge is 2.29. The summed E-state index contributed by atoms with van der Waals surface area (Å²) in [4.78, 5) is 4.61. The molecule has 2 unspecified atom stereocenters. The summed E-state index contributed by atoms with van der Waals surface area (Å²) in [5.41, 5.74) is 6.08. The van der Waals surface area contributed by atoms with Crippen molar-refractivity contribution >= 4 is 0 Å². The Morgan fingerprint density at radius 1 is 1.40 bits per heavy atom. The summed E-state index contributed by atoms with van der Waals surface area (Å²) < 4.78 is 1.91. The molecule has 1 aromatic heterocycles. The minimum Gasteiger partial charge on any atom is -0.327 e. The molecule has 0 spiro atoms. The van der Waals surface area contributed by atoms with Crippen LogP contribution in [-0.4, -0.2) is 20.8 Å². The first-order valence-corrected chi connectivity index (χ1v) is 5.76. The van der Waals surface area contributed by atoms with Gasteiger partial charge in [-0.25, -0.2) is 4.98 Å². The van der Waals surface area contributed by atoms with E-state index in [4.69, 9.17) is 5.73 Å². The van der Waals surface area contributed by atoms with E-state index in [1.807, 2.05) is 11.7 Å². The van der Waals surface area contributed by atoms with Crippen LogP contribution in [0.3, 0.4) is 0 Å². The van der Waals surface area contributed by atoms with Crippen LogP contribution in [0.2, 0.25) is 0 Å². The Balaban J connectivity index is 2.27. The molecule has 0 aliphatic heterocycles. The predicted molar refractivity (Wildman–Crippen MR) is 59.7 cm³/mol. The lowest BCUT2D eigenvalue weighted by Crippen LogP contribution is -2.25. The van der Waals surface area contributed by atoms with E-state index in [0.717, 1.165) is 24.5 Å².